The maximum absolute atomic E-state index is 11.6. The zero-order valence-corrected chi connectivity index (χ0v) is 13.2. The first-order chi connectivity index (χ1) is 11.0. The van der Waals surface area contributed by atoms with Crippen molar-refractivity contribution in [2.24, 2.45) is 11.1 Å². The number of hydrogen-bond donors (Lipinski definition) is 2. The Morgan fingerprint density at radius 1 is 1.22 bits per heavy atom. The highest BCUT2D eigenvalue weighted by Crippen LogP contribution is 2.49. The summed E-state index contributed by atoms with van der Waals surface area (Å²) in [5.41, 5.74) is 2.94. The maximum Gasteiger partial charge on any atom is 0.238 e. The van der Waals surface area contributed by atoms with E-state index in [4.69, 9.17) is 5.14 Å². The first-order valence-corrected chi connectivity index (χ1v) is 9.09. The lowest BCUT2D eigenvalue weighted by molar-refractivity contribution is 0.418. The molecule has 3 atom stereocenters. The fourth-order valence-electron chi connectivity index (χ4n) is 3.60. The van der Waals surface area contributed by atoms with Crippen LogP contribution >= 0.6 is 0 Å². The van der Waals surface area contributed by atoms with Gasteiger partial charge in [0.25, 0.3) is 0 Å². The first-order valence-electron chi connectivity index (χ1n) is 7.55. The second-order valence-corrected chi connectivity index (χ2v) is 7.59. The van der Waals surface area contributed by atoms with E-state index < -0.39 is 10.0 Å². The van der Waals surface area contributed by atoms with Crippen LogP contribution in [0.4, 0.5) is 5.69 Å². The monoisotopic (exact) mass is 327 g/mol. The van der Waals surface area contributed by atoms with Crippen LogP contribution < -0.4 is 10.5 Å². The van der Waals surface area contributed by atoms with Crippen LogP contribution in [-0.4, -0.2) is 13.4 Å². The highest BCUT2D eigenvalue weighted by Gasteiger charge is 2.38. The second kappa shape index (κ2) is 5.18. The molecule has 0 spiro atoms. The maximum atomic E-state index is 11.6. The second-order valence-electron chi connectivity index (χ2n) is 6.02. The van der Waals surface area contributed by atoms with E-state index in [0.29, 0.717) is 5.92 Å². The van der Waals surface area contributed by atoms with Crippen LogP contribution in [0.25, 0.3) is 0 Å². The predicted molar refractivity (Wildman–Crippen MR) is 88.4 cm³/mol. The summed E-state index contributed by atoms with van der Waals surface area (Å²) in [5, 5.41) is 8.79. The van der Waals surface area contributed by atoms with E-state index in [1.165, 1.54) is 0 Å². The van der Waals surface area contributed by atoms with Crippen LogP contribution in [0.2, 0.25) is 0 Å². The van der Waals surface area contributed by atoms with Gasteiger partial charge in [-0.25, -0.2) is 13.6 Å². The molecule has 0 saturated carbocycles. The van der Waals surface area contributed by atoms with Crippen LogP contribution in [0.5, 0.6) is 0 Å². The molecule has 1 aliphatic heterocycles. The zero-order chi connectivity index (χ0) is 16.0. The van der Waals surface area contributed by atoms with Crippen molar-refractivity contribution in [1.29, 1.82) is 0 Å². The van der Waals surface area contributed by atoms with Crippen molar-refractivity contribution in [3.8, 4) is 0 Å². The number of nitrogens with zero attached hydrogens (tertiary/aromatic N) is 1. The van der Waals surface area contributed by atoms with E-state index in [2.05, 4.69) is 22.5 Å². The Balaban J connectivity index is 1.81. The van der Waals surface area contributed by atoms with Gasteiger partial charge in [-0.3, -0.25) is 4.98 Å². The summed E-state index contributed by atoms with van der Waals surface area (Å²) in [6.45, 7) is 0. The number of aromatic nitrogens is 1. The Morgan fingerprint density at radius 3 is 2.83 bits per heavy atom. The number of fused-ring (bicyclic) bond motifs is 3. The number of anilines is 1. The molecule has 23 heavy (non-hydrogen) atoms. The summed E-state index contributed by atoms with van der Waals surface area (Å²) >= 11 is 0. The van der Waals surface area contributed by atoms with Gasteiger partial charge in [-0.1, -0.05) is 18.2 Å². The van der Waals surface area contributed by atoms with Gasteiger partial charge in [-0.2, -0.15) is 0 Å². The number of sulfonamides is 1. The number of primary sulfonamides is 1. The van der Waals surface area contributed by atoms with E-state index in [-0.39, 0.29) is 16.9 Å². The van der Waals surface area contributed by atoms with Gasteiger partial charge in [-0.15, -0.1) is 0 Å². The lowest BCUT2D eigenvalue weighted by atomic mass is 9.78. The zero-order valence-electron chi connectivity index (χ0n) is 12.4. The van der Waals surface area contributed by atoms with Crippen LogP contribution in [0.1, 0.15) is 29.6 Å². The number of hydrogen-bond acceptors (Lipinski definition) is 4. The molecule has 0 radical (unpaired) electrons. The minimum Gasteiger partial charge on any atom is -0.376 e. The van der Waals surface area contributed by atoms with Gasteiger partial charge in [0.2, 0.25) is 10.0 Å². The molecule has 0 amide bonds. The lowest BCUT2D eigenvalue weighted by Gasteiger charge is -2.37. The van der Waals surface area contributed by atoms with Crippen LogP contribution in [0.15, 0.2) is 59.6 Å². The van der Waals surface area contributed by atoms with E-state index >= 15 is 0 Å². The molecule has 2 aromatic rings. The average Bonchev–Trinajstić information content (AvgIpc) is 3.03. The molecule has 2 heterocycles. The lowest BCUT2D eigenvalue weighted by Crippen LogP contribution is -2.30. The van der Waals surface area contributed by atoms with Crippen molar-refractivity contribution in [2.45, 2.75) is 23.3 Å². The third-order valence-electron chi connectivity index (χ3n) is 4.67. The van der Waals surface area contributed by atoms with Crippen LogP contribution in [0, 0.1) is 5.92 Å². The fourth-order valence-corrected chi connectivity index (χ4v) is 4.15. The topological polar surface area (TPSA) is 85.1 Å². The molecule has 6 heteroatoms. The van der Waals surface area contributed by atoms with E-state index in [9.17, 15) is 8.42 Å². The quantitative estimate of drug-likeness (QED) is 0.830. The van der Waals surface area contributed by atoms with Crippen molar-refractivity contribution in [3.05, 3.63) is 66.0 Å². The number of nitrogens with two attached hydrogens (primary N) is 1. The molecule has 2 aliphatic rings. The van der Waals surface area contributed by atoms with E-state index in [1.807, 2.05) is 18.2 Å². The minimum atomic E-state index is -3.69. The van der Waals surface area contributed by atoms with Gasteiger partial charge < -0.3 is 5.32 Å². The Labute approximate surface area is 135 Å². The van der Waals surface area contributed by atoms with Crippen LogP contribution in [-0.2, 0) is 10.0 Å². The molecule has 1 aromatic carbocycles. The summed E-state index contributed by atoms with van der Waals surface area (Å²) in [4.78, 5) is 4.65. The third-order valence-corrected chi connectivity index (χ3v) is 5.58. The summed E-state index contributed by atoms with van der Waals surface area (Å²) < 4.78 is 23.3. The summed E-state index contributed by atoms with van der Waals surface area (Å²) in [6.07, 6.45) is 7.06. The molecule has 0 bridgehead atoms. The van der Waals surface area contributed by atoms with Crippen molar-refractivity contribution in [2.75, 3.05) is 5.32 Å². The minimum absolute atomic E-state index is 0.115. The van der Waals surface area contributed by atoms with Crippen molar-refractivity contribution in [3.63, 3.8) is 0 Å². The molecular weight excluding hydrogens is 310 g/mol. The molecular formula is C17H17N3O2S. The van der Waals surface area contributed by atoms with Crippen molar-refractivity contribution in [1.82, 2.24) is 4.98 Å². The molecule has 3 N–H and O–H groups in total. The fraction of sp³-hybridized carbons (Fsp3) is 0.235. The smallest absolute Gasteiger partial charge is 0.238 e. The molecule has 0 saturated heterocycles. The third kappa shape index (κ3) is 2.44. The normalized spacial score (nSPS) is 25.5. The van der Waals surface area contributed by atoms with Crippen LogP contribution in [0.3, 0.4) is 0 Å². The molecule has 5 nitrogen and oxygen atoms in total. The van der Waals surface area contributed by atoms with Gasteiger partial charge in [0, 0.05) is 17.8 Å². The summed E-state index contributed by atoms with van der Waals surface area (Å²) in [7, 11) is -3.69. The largest absolute Gasteiger partial charge is 0.376 e. The van der Waals surface area contributed by atoms with Gasteiger partial charge in [0.05, 0.1) is 16.6 Å². The number of benzene rings is 1. The van der Waals surface area contributed by atoms with Crippen molar-refractivity contribution < 1.29 is 8.42 Å². The van der Waals surface area contributed by atoms with E-state index in [0.717, 1.165) is 23.4 Å². The van der Waals surface area contributed by atoms with E-state index in [1.54, 1.807) is 24.4 Å². The SMILES string of the molecule is NS(=O)(=O)c1ccc2c(c1)C1C=CCC1C(c1ccccn1)N2. The molecule has 1 aromatic heterocycles. The predicted octanol–water partition coefficient (Wildman–Crippen LogP) is 2.56. The highest BCUT2D eigenvalue weighted by molar-refractivity contribution is 7.89. The Hall–Kier alpha value is -2.18. The Morgan fingerprint density at radius 2 is 2.09 bits per heavy atom. The van der Waals surface area contributed by atoms with Gasteiger partial charge in [0.15, 0.2) is 0 Å². The molecule has 118 valence electrons. The number of pyridine rings is 1. The highest BCUT2D eigenvalue weighted by atomic mass is 32.2. The summed E-state index contributed by atoms with van der Waals surface area (Å²) in [5.74, 6) is 0.507. The number of allylic oxidation sites excluding steroid dienone is 2. The number of rotatable bonds is 2. The molecule has 1 aliphatic carbocycles. The van der Waals surface area contributed by atoms with Gasteiger partial charge >= 0.3 is 0 Å². The standard InChI is InChI=1S/C17H17N3O2S/c18-23(21,22)11-7-8-15-14(10-11)12-4-3-5-13(12)17(20-15)16-6-1-2-9-19-16/h1-4,6-10,12-13,17,20H,5H2,(H2,18,21,22). The average molecular weight is 327 g/mol. The summed E-state index contributed by atoms with van der Waals surface area (Å²) in [6, 6.07) is 11.1. The van der Waals surface area contributed by atoms with Crippen molar-refractivity contribution >= 4 is 15.7 Å². The molecule has 4 rings (SSSR count). The molecule has 3 unspecified atom stereocenters. The Kier molecular flexibility index (Phi) is 3.25. The first kappa shape index (κ1) is 14.4. The van der Waals surface area contributed by atoms with Gasteiger partial charge in [-0.05, 0) is 48.2 Å². The number of nitrogens with one attached hydrogen (secondary N) is 1. The van der Waals surface area contributed by atoms with Gasteiger partial charge in [0.1, 0.15) is 0 Å². The molecule has 0 fully saturated rings. The Bertz CT molecular complexity index is 878.